The predicted molar refractivity (Wildman–Crippen MR) is 103 cm³/mol. The lowest BCUT2D eigenvalue weighted by molar-refractivity contribution is 0.0965. The Bertz CT molecular complexity index is 890. The molecule has 132 valence electrons. The molecule has 4 heterocycles. The molecule has 4 rings (SSSR count). The van der Waals surface area contributed by atoms with Gasteiger partial charge in [0.2, 0.25) is 0 Å². The van der Waals surface area contributed by atoms with Crippen LogP contribution in [0.25, 0.3) is 21.8 Å². The number of aryl methyl sites for hydroxylation is 1. The molecular weight excluding hydrogens is 332 g/mol. The van der Waals surface area contributed by atoms with Crippen LogP contribution in [0.4, 0.5) is 5.82 Å². The van der Waals surface area contributed by atoms with Gasteiger partial charge in [-0.1, -0.05) is 6.42 Å². The van der Waals surface area contributed by atoms with Crippen LogP contribution in [-0.2, 0) is 6.54 Å². The number of nitrogens with zero attached hydrogens (tertiary/aromatic N) is 3. The van der Waals surface area contributed by atoms with Gasteiger partial charge in [0.1, 0.15) is 16.4 Å². The third-order valence-corrected chi connectivity index (χ3v) is 6.16. The average Bonchev–Trinajstić information content (AvgIpc) is 3.17. The van der Waals surface area contributed by atoms with Crippen LogP contribution in [0.1, 0.15) is 43.7 Å². The Labute approximate surface area is 151 Å². The zero-order valence-electron chi connectivity index (χ0n) is 15.0. The first-order chi connectivity index (χ1) is 12.0. The molecule has 3 aromatic heterocycles. The highest BCUT2D eigenvalue weighted by atomic mass is 32.1. The number of thiophene rings is 1. The summed E-state index contributed by atoms with van der Waals surface area (Å²) in [6.07, 6.45) is 3.88. The Hall–Kier alpha value is -1.92. The minimum absolute atomic E-state index is 0.524. The minimum Gasteiger partial charge on any atom is -0.458 e. The highest BCUT2D eigenvalue weighted by Crippen LogP contribution is 2.33. The molecule has 1 saturated heterocycles. The lowest BCUT2D eigenvalue weighted by atomic mass is 9.97. The molecular formula is C19H24N4OS. The van der Waals surface area contributed by atoms with Gasteiger partial charge in [-0.15, -0.1) is 11.3 Å². The first-order valence-electron chi connectivity index (χ1n) is 8.90. The molecule has 0 amide bonds. The number of nitrogens with two attached hydrogens (primary N) is 1. The van der Waals surface area contributed by atoms with E-state index in [9.17, 15) is 0 Å². The van der Waals surface area contributed by atoms with Crippen molar-refractivity contribution in [3.8, 4) is 11.6 Å². The topological polar surface area (TPSA) is 68.2 Å². The molecule has 0 spiro atoms. The van der Waals surface area contributed by atoms with Crippen molar-refractivity contribution in [2.24, 2.45) is 0 Å². The van der Waals surface area contributed by atoms with Crippen molar-refractivity contribution in [1.82, 2.24) is 14.9 Å². The van der Waals surface area contributed by atoms with E-state index in [1.54, 1.807) is 11.3 Å². The molecule has 3 aromatic rings. The van der Waals surface area contributed by atoms with Crippen LogP contribution in [0.5, 0.6) is 0 Å². The lowest BCUT2D eigenvalue weighted by Crippen LogP contribution is -2.42. The molecule has 2 N–H and O–H groups in total. The van der Waals surface area contributed by atoms with Crippen molar-refractivity contribution in [1.29, 1.82) is 0 Å². The number of piperidine rings is 1. The predicted octanol–water partition coefficient (Wildman–Crippen LogP) is 4.60. The maximum absolute atomic E-state index is 6.20. The van der Waals surface area contributed by atoms with E-state index in [0.717, 1.165) is 22.5 Å². The number of rotatable bonds is 3. The summed E-state index contributed by atoms with van der Waals surface area (Å²) < 4.78 is 5.65. The van der Waals surface area contributed by atoms with E-state index in [2.05, 4.69) is 34.8 Å². The van der Waals surface area contributed by atoms with Crippen molar-refractivity contribution in [3.63, 3.8) is 0 Å². The lowest BCUT2D eigenvalue weighted by Gasteiger charge is -2.38. The van der Waals surface area contributed by atoms with E-state index in [1.807, 2.05) is 19.1 Å². The number of hydrogen-bond acceptors (Lipinski definition) is 6. The van der Waals surface area contributed by atoms with Crippen molar-refractivity contribution in [3.05, 3.63) is 28.8 Å². The number of anilines is 1. The van der Waals surface area contributed by atoms with Gasteiger partial charge < -0.3 is 10.2 Å². The van der Waals surface area contributed by atoms with Crippen LogP contribution < -0.4 is 5.73 Å². The zero-order chi connectivity index (χ0) is 17.6. The molecule has 5 nitrogen and oxygen atoms in total. The summed E-state index contributed by atoms with van der Waals surface area (Å²) >= 11 is 1.71. The molecule has 0 aliphatic carbocycles. The highest BCUT2D eigenvalue weighted by molar-refractivity contribution is 7.18. The van der Waals surface area contributed by atoms with E-state index in [0.29, 0.717) is 29.5 Å². The van der Waals surface area contributed by atoms with Crippen molar-refractivity contribution < 1.29 is 4.42 Å². The molecule has 25 heavy (non-hydrogen) atoms. The molecule has 1 unspecified atom stereocenters. The SMILES string of the molecule is Cc1ccc(-c2nc(N)c3cc(CN4C(C)CCC[C@@H]4C)sc3n2)o1. The van der Waals surface area contributed by atoms with E-state index in [4.69, 9.17) is 10.2 Å². The Balaban J connectivity index is 1.67. The van der Waals surface area contributed by atoms with Gasteiger partial charge >= 0.3 is 0 Å². The van der Waals surface area contributed by atoms with Crippen LogP contribution in [0, 0.1) is 6.92 Å². The quantitative estimate of drug-likeness (QED) is 0.742. The summed E-state index contributed by atoms with van der Waals surface area (Å²) in [6.45, 7) is 7.52. The smallest absolute Gasteiger partial charge is 0.199 e. The number of fused-ring (bicyclic) bond motifs is 1. The summed E-state index contributed by atoms with van der Waals surface area (Å²) in [5.74, 6) is 2.60. The monoisotopic (exact) mass is 356 g/mol. The molecule has 0 aromatic carbocycles. The summed E-state index contributed by atoms with van der Waals surface area (Å²) in [4.78, 5) is 13.9. The van der Waals surface area contributed by atoms with Crippen LogP contribution >= 0.6 is 11.3 Å². The Morgan fingerprint density at radius 1 is 1.24 bits per heavy atom. The van der Waals surface area contributed by atoms with Gasteiger partial charge in [0.15, 0.2) is 11.6 Å². The van der Waals surface area contributed by atoms with Gasteiger partial charge in [-0.3, -0.25) is 4.90 Å². The first kappa shape index (κ1) is 16.5. The van der Waals surface area contributed by atoms with Gasteiger partial charge in [-0.2, -0.15) is 0 Å². The van der Waals surface area contributed by atoms with E-state index in [-0.39, 0.29) is 0 Å². The molecule has 0 saturated carbocycles. The van der Waals surface area contributed by atoms with Gasteiger partial charge in [0.25, 0.3) is 0 Å². The largest absolute Gasteiger partial charge is 0.458 e. The number of likely N-dealkylation sites (tertiary alicyclic amines) is 1. The fourth-order valence-corrected chi connectivity index (χ4v) is 4.75. The van der Waals surface area contributed by atoms with Crippen LogP contribution in [0.3, 0.4) is 0 Å². The third kappa shape index (κ3) is 3.16. The van der Waals surface area contributed by atoms with Crippen LogP contribution in [-0.4, -0.2) is 27.0 Å². The number of hydrogen-bond donors (Lipinski definition) is 1. The molecule has 0 bridgehead atoms. The summed E-state index contributed by atoms with van der Waals surface area (Å²) in [6, 6.07) is 7.21. The van der Waals surface area contributed by atoms with Gasteiger partial charge in [0, 0.05) is 23.5 Å². The maximum Gasteiger partial charge on any atom is 0.199 e. The Morgan fingerprint density at radius 3 is 2.68 bits per heavy atom. The van der Waals surface area contributed by atoms with Gasteiger partial charge in [0.05, 0.1) is 5.39 Å². The Kier molecular flexibility index (Phi) is 4.25. The second-order valence-electron chi connectivity index (χ2n) is 7.08. The zero-order valence-corrected chi connectivity index (χ0v) is 15.8. The fraction of sp³-hybridized carbons (Fsp3) is 0.474. The maximum atomic E-state index is 6.20. The summed E-state index contributed by atoms with van der Waals surface area (Å²) in [7, 11) is 0. The number of nitrogen functional groups attached to an aromatic ring is 1. The second-order valence-corrected chi connectivity index (χ2v) is 8.19. The molecule has 0 radical (unpaired) electrons. The van der Waals surface area contributed by atoms with Gasteiger partial charge in [-0.05, 0) is 51.8 Å². The molecule has 1 fully saturated rings. The fourth-order valence-electron chi connectivity index (χ4n) is 3.70. The molecule has 1 aliphatic rings. The summed E-state index contributed by atoms with van der Waals surface area (Å²) in [5.41, 5.74) is 6.20. The first-order valence-corrected chi connectivity index (χ1v) is 9.71. The van der Waals surface area contributed by atoms with E-state index < -0.39 is 0 Å². The minimum atomic E-state index is 0.524. The Morgan fingerprint density at radius 2 is 2.00 bits per heavy atom. The normalized spacial score (nSPS) is 21.9. The number of furan rings is 1. The third-order valence-electron chi connectivity index (χ3n) is 5.15. The summed E-state index contributed by atoms with van der Waals surface area (Å²) in [5, 5.41) is 0.948. The van der Waals surface area contributed by atoms with E-state index in [1.165, 1.54) is 24.1 Å². The molecule has 1 aliphatic heterocycles. The highest BCUT2D eigenvalue weighted by Gasteiger charge is 2.25. The second kappa shape index (κ2) is 6.42. The van der Waals surface area contributed by atoms with Crippen molar-refractivity contribution in [2.75, 3.05) is 5.73 Å². The average molecular weight is 356 g/mol. The standard InChI is InChI=1S/C19H24N4OS/c1-11-5-4-6-12(2)23(11)10-14-9-15-17(20)21-18(22-19(15)25-14)16-8-7-13(3)24-16/h7-9,11-12H,4-6,10H2,1-3H3,(H2,20,21,22)/t11-,12?/m0/s1. The van der Waals surface area contributed by atoms with Gasteiger partial charge in [-0.25, -0.2) is 9.97 Å². The number of aromatic nitrogens is 2. The molecule has 6 heteroatoms. The van der Waals surface area contributed by atoms with Crippen LogP contribution in [0.15, 0.2) is 22.6 Å². The van der Waals surface area contributed by atoms with E-state index >= 15 is 0 Å². The van der Waals surface area contributed by atoms with Crippen molar-refractivity contribution in [2.45, 2.75) is 58.7 Å². The van der Waals surface area contributed by atoms with Crippen molar-refractivity contribution >= 4 is 27.4 Å². The molecule has 2 atom stereocenters. The van der Waals surface area contributed by atoms with Crippen LogP contribution in [0.2, 0.25) is 0 Å².